The highest BCUT2D eigenvalue weighted by atomic mass is 16.6. The van der Waals surface area contributed by atoms with Crippen molar-refractivity contribution >= 4 is 0 Å². The van der Waals surface area contributed by atoms with Crippen molar-refractivity contribution in [3.63, 3.8) is 0 Å². The molecule has 5 rings (SSSR count). The summed E-state index contributed by atoms with van der Waals surface area (Å²) in [5, 5.41) is 0. The first-order chi connectivity index (χ1) is 9.60. The molecule has 0 aromatic carbocycles. The summed E-state index contributed by atoms with van der Waals surface area (Å²) in [4.78, 5) is 0. The second-order valence-electron chi connectivity index (χ2n) is 8.97. The molecule has 0 aromatic rings. The average molecular weight is 272 g/mol. The Morgan fingerprint density at radius 3 is 2.90 bits per heavy atom. The normalized spacial score (nSPS) is 59.9. The van der Waals surface area contributed by atoms with Gasteiger partial charge < -0.3 is 4.74 Å². The highest BCUT2D eigenvalue weighted by Gasteiger charge is 2.60. The maximum atomic E-state index is 5.88. The largest absolute Gasteiger partial charge is 0.369 e. The summed E-state index contributed by atoms with van der Waals surface area (Å²) >= 11 is 0. The minimum atomic E-state index is 0.491. The van der Waals surface area contributed by atoms with Gasteiger partial charge >= 0.3 is 0 Å². The van der Waals surface area contributed by atoms with E-state index in [2.05, 4.69) is 19.9 Å². The number of allylic oxidation sites excluding steroid dienone is 1. The molecule has 0 N–H and O–H groups in total. The first kappa shape index (κ1) is 12.3. The lowest BCUT2D eigenvalue weighted by molar-refractivity contribution is -0.0233. The molecule has 1 nitrogen and oxygen atoms in total. The molecular weight excluding hydrogens is 244 g/mol. The topological polar surface area (TPSA) is 12.5 Å². The van der Waals surface area contributed by atoms with Gasteiger partial charge in [-0.1, -0.05) is 31.9 Å². The number of hydrogen-bond donors (Lipinski definition) is 0. The molecule has 0 bridgehead atoms. The standard InChI is InChI=1S/C19H28O/c1-18-8-3-4-14(18)13-6-5-12-10-16-17(20-16)11-19(12,2)15(13)7-9-18/h5,13-17H,3-4,6-11H2,1-2H3/t13-,14-,15-,16?,17?,18-,19-/m0/s1. The number of rotatable bonds is 0. The van der Waals surface area contributed by atoms with Gasteiger partial charge in [0, 0.05) is 0 Å². The first-order valence-electron chi connectivity index (χ1n) is 8.95. The third-order valence-electron chi connectivity index (χ3n) is 8.14. The van der Waals surface area contributed by atoms with Gasteiger partial charge in [-0.3, -0.25) is 0 Å². The van der Waals surface area contributed by atoms with Crippen LogP contribution in [-0.4, -0.2) is 12.2 Å². The third kappa shape index (κ3) is 1.43. The van der Waals surface area contributed by atoms with Crippen LogP contribution in [0, 0.1) is 28.6 Å². The van der Waals surface area contributed by atoms with E-state index in [1.54, 1.807) is 5.57 Å². The zero-order chi connectivity index (χ0) is 13.5. The Kier molecular flexibility index (Phi) is 2.28. The van der Waals surface area contributed by atoms with E-state index in [0.717, 1.165) is 17.8 Å². The number of ether oxygens (including phenoxy) is 1. The lowest BCUT2D eigenvalue weighted by Crippen LogP contribution is -2.49. The van der Waals surface area contributed by atoms with Crippen molar-refractivity contribution < 1.29 is 4.74 Å². The second kappa shape index (κ2) is 3.72. The molecule has 1 heteroatoms. The van der Waals surface area contributed by atoms with Crippen molar-refractivity contribution in [1.29, 1.82) is 0 Å². The fraction of sp³-hybridized carbons (Fsp3) is 0.895. The Morgan fingerprint density at radius 2 is 2.00 bits per heavy atom. The molecule has 0 spiro atoms. The molecule has 20 heavy (non-hydrogen) atoms. The summed E-state index contributed by atoms with van der Waals surface area (Å²) in [5.74, 6) is 2.97. The van der Waals surface area contributed by atoms with Gasteiger partial charge in [-0.25, -0.2) is 0 Å². The lowest BCUT2D eigenvalue weighted by atomic mass is 9.48. The fourth-order valence-corrected chi connectivity index (χ4v) is 6.92. The van der Waals surface area contributed by atoms with Crippen LogP contribution in [0.15, 0.2) is 11.6 Å². The molecule has 1 aliphatic heterocycles. The number of epoxide rings is 1. The summed E-state index contributed by atoms with van der Waals surface area (Å²) < 4.78 is 5.88. The monoisotopic (exact) mass is 272 g/mol. The quantitative estimate of drug-likeness (QED) is 0.459. The zero-order valence-electron chi connectivity index (χ0n) is 13.0. The molecule has 4 fully saturated rings. The SMILES string of the molecule is C[C@@]12CCC[C@H]1[C@@H]1CC=C3CC4OC4C[C@]3(C)[C@H]1CC2. The van der Waals surface area contributed by atoms with Gasteiger partial charge in [0.05, 0.1) is 12.2 Å². The van der Waals surface area contributed by atoms with Crippen molar-refractivity contribution in [2.24, 2.45) is 28.6 Å². The van der Waals surface area contributed by atoms with E-state index in [0.29, 0.717) is 23.0 Å². The lowest BCUT2D eigenvalue weighted by Gasteiger charge is -2.56. The minimum absolute atomic E-state index is 0.491. The fourth-order valence-electron chi connectivity index (χ4n) is 6.92. The van der Waals surface area contributed by atoms with Crippen LogP contribution in [0.4, 0.5) is 0 Å². The third-order valence-corrected chi connectivity index (χ3v) is 8.14. The Bertz CT molecular complexity index is 480. The van der Waals surface area contributed by atoms with Gasteiger partial charge in [-0.15, -0.1) is 0 Å². The van der Waals surface area contributed by atoms with Crippen LogP contribution in [0.2, 0.25) is 0 Å². The highest BCUT2D eigenvalue weighted by Crippen LogP contribution is 2.66. The molecule has 4 aliphatic carbocycles. The number of fused-ring (bicyclic) bond motifs is 6. The molecule has 5 aliphatic rings. The van der Waals surface area contributed by atoms with E-state index in [1.807, 2.05) is 0 Å². The zero-order valence-corrected chi connectivity index (χ0v) is 13.0. The van der Waals surface area contributed by atoms with Crippen LogP contribution in [-0.2, 0) is 4.74 Å². The van der Waals surface area contributed by atoms with Crippen molar-refractivity contribution in [2.45, 2.75) is 77.4 Å². The van der Waals surface area contributed by atoms with E-state index in [4.69, 9.17) is 4.74 Å². The Balaban J connectivity index is 1.53. The van der Waals surface area contributed by atoms with Crippen molar-refractivity contribution in [2.75, 3.05) is 0 Å². The van der Waals surface area contributed by atoms with Crippen LogP contribution < -0.4 is 0 Å². The van der Waals surface area contributed by atoms with E-state index in [9.17, 15) is 0 Å². The van der Waals surface area contributed by atoms with Crippen LogP contribution in [0.3, 0.4) is 0 Å². The first-order valence-corrected chi connectivity index (χ1v) is 8.95. The van der Waals surface area contributed by atoms with E-state index in [1.165, 1.54) is 51.4 Å². The van der Waals surface area contributed by atoms with Crippen molar-refractivity contribution in [3.8, 4) is 0 Å². The van der Waals surface area contributed by atoms with Gasteiger partial charge in [0.25, 0.3) is 0 Å². The molecular formula is C19H28O. The number of hydrogen-bond acceptors (Lipinski definition) is 1. The maximum Gasteiger partial charge on any atom is 0.0879 e. The Morgan fingerprint density at radius 1 is 1.10 bits per heavy atom. The Labute approximate surface area is 123 Å². The molecule has 2 unspecified atom stereocenters. The van der Waals surface area contributed by atoms with E-state index < -0.39 is 0 Å². The van der Waals surface area contributed by atoms with E-state index in [-0.39, 0.29) is 0 Å². The summed E-state index contributed by atoms with van der Waals surface area (Å²) in [6, 6.07) is 0. The van der Waals surface area contributed by atoms with Crippen LogP contribution >= 0.6 is 0 Å². The summed E-state index contributed by atoms with van der Waals surface area (Å²) in [6.07, 6.45) is 15.3. The maximum absolute atomic E-state index is 5.88. The molecule has 0 radical (unpaired) electrons. The van der Waals surface area contributed by atoms with Crippen molar-refractivity contribution in [3.05, 3.63) is 11.6 Å². The summed E-state index contributed by atoms with van der Waals surface area (Å²) in [6.45, 7) is 5.19. The van der Waals surface area contributed by atoms with Gasteiger partial charge in [0.1, 0.15) is 0 Å². The molecule has 7 atom stereocenters. The molecule has 110 valence electrons. The molecule has 0 amide bonds. The highest BCUT2D eigenvalue weighted by molar-refractivity contribution is 5.28. The van der Waals surface area contributed by atoms with Crippen molar-refractivity contribution in [1.82, 2.24) is 0 Å². The van der Waals surface area contributed by atoms with Crippen LogP contribution in [0.1, 0.15) is 65.2 Å². The second-order valence-corrected chi connectivity index (χ2v) is 8.97. The van der Waals surface area contributed by atoms with Gasteiger partial charge in [-0.05, 0) is 73.5 Å². The molecule has 0 aromatic heterocycles. The van der Waals surface area contributed by atoms with Crippen LogP contribution in [0.5, 0.6) is 0 Å². The van der Waals surface area contributed by atoms with E-state index >= 15 is 0 Å². The molecule has 3 saturated carbocycles. The van der Waals surface area contributed by atoms with Crippen LogP contribution in [0.25, 0.3) is 0 Å². The van der Waals surface area contributed by atoms with Gasteiger partial charge in [0.15, 0.2) is 0 Å². The predicted molar refractivity (Wildman–Crippen MR) is 80.4 cm³/mol. The summed E-state index contributed by atoms with van der Waals surface area (Å²) in [5.41, 5.74) is 2.96. The Hall–Kier alpha value is -0.300. The summed E-state index contributed by atoms with van der Waals surface area (Å²) in [7, 11) is 0. The molecule has 1 saturated heterocycles. The smallest absolute Gasteiger partial charge is 0.0879 e. The predicted octanol–water partition coefficient (Wildman–Crippen LogP) is 4.72. The average Bonchev–Trinajstić information content (AvgIpc) is 3.03. The van der Waals surface area contributed by atoms with Gasteiger partial charge in [-0.2, -0.15) is 0 Å². The minimum Gasteiger partial charge on any atom is -0.369 e. The molecule has 1 heterocycles. The van der Waals surface area contributed by atoms with Gasteiger partial charge in [0.2, 0.25) is 0 Å².